The topological polar surface area (TPSA) is 35.1 Å². The number of carbonyl (C=O) groups excluding carboxylic acids is 1. The molecule has 4 nitrogen and oxygen atoms in total. The summed E-state index contributed by atoms with van der Waals surface area (Å²) >= 11 is 3.25. The first-order chi connectivity index (χ1) is 13.7. The van der Waals surface area contributed by atoms with Gasteiger partial charge >= 0.3 is 0 Å². The predicted octanol–water partition coefficient (Wildman–Crippen LogP) is 4.74. The minimum atomic E-state index is 0.102. The number of carbonyl (C=O) groups is 1. The van der Waals surface area contributed by atoms with Crippen LogP contribution < -0.4 is 9.30 Å². The summed E-state index contributed by atoms with van der Waals surface area (Å²) in [6.45, 7) is 1.01. The van der Waals surface area contributed by atoms with E-state index in [9.17, 15) is 4.79 Å². The molecule has 0 amide bonds. The minimum absolute atomic E-state index is 0.102. The number of para-hydroxylation sites is 2. The number of Topliss-reactive ketones (excluding diaryl/α,β-unsaturated/α-hetero) is 1. The summed E-state index contributed by atoms with van der Waals surface area (Å²) < 4.78 is 10.3. The summed E-state index contributed by atoms with van der Waals surface area (Å²) in [5.74, 6) is 2.28. The maximum atomic E-state index is 11.9. The van der Waals surface area contributed by atoms with Crippen molar-refractivity contribution < 1.29 is 14.1 Å². The van der Waals surface area contributed by atoms with Crippen molar-refractivity contribution in [1.82, 2.24) is 4.57 Å². The normalized spacial score (nSPS) is 13.6. The predicted molar refractivity (Wildman–Crippen MR) is 114 cm³/mol. The van der Waals surface area contributed by atoms with Crippen LogP contribution in [0.3, 0.4) is 0 Å². The third kappa shape index (κ3) is 3.51. The van der Waals surface area contributed by atoms with Crippen molar-refractivity contribution in [2.24, 2.45) is 0 Å². The van der Waals surface area contributed by atoms with Gasteiger partial charge < -0.3 is 4.74 Å². The van der Waals surface area contributed by atoms with E-state index in [-0.39, 0.29) is 5.78 Å². The molecule has 0 atom stereocenters. The summed E-state index contributed by atoms with van der Waals surface area (Å²) in [5.41, 5.74) is 4.11. The fourth-order valence-corrected chi connectivity index (χ4v) is 4.27. The maximum Gasteiger partial charge on any atom is 0.262 e. The van der Waals surface area contributed by atoms with Gasteiger partial charge in [-0.2, -0.15) is 4.57 Å². The van der Waals surface area contributed by atoms with Gasteiger partial charge in [-0.3, -0.25) is 4.79 Å². The number of fused-ring (bicyclic) bond motifs is 1. The van der Waals surface area contributed by atoms with E-state index in [1.165, 1.54) is 30.8 Å². The lowest BCUT2D eigenvalue weighted by atomic mass is 10.1. The molecule has 0 spiro atoms. The molecule has 0 N–H and O–H groups in total. The van der Waals surface area contributed by atoms with E-state index in [1.54, 1.807) is 7.11 Å². The van der Waals surface area contributed by atoms with Gasteiger partial charge in [-0.15, -0.1) is 0 Å². The molecule has 144 valence electrons. The first kappa shape index (κ1) is 18.9. The van der Waals surface area contributed by atoms with Gasteiger partial charge in [0.05, 0.1) is 19.0 Å². The highest BCUT2D eigenvalue weighted by molar-refractivity contribution is 9.09. The molecule has 0 saturated carbocycles. The summed E-state index contributed by atoms with van der Waals surface area (Å²) in [5, 5.41) is 0.348. The molecular formula is C23H24BrN2O2+. The van der Waals surface area contributed by atoms with Gasteiger partial charge in [0.15, 0.2) is 22.9 Å². The second kappa shape index (κ2) is 8.31. The number of rotatable bonds is 5. The van der Waals surface area contributed by atoms with E-state index in [0.717, 1.165) is 35.5 Å². The zero-order valence-corrected chi connectivity index (χ0v) is 17.6. The van der Waals surface area contributed by atoms with Crippen LogP contribution in [-0.2, 0) is 13.0 Å². The quantitative estimate of drug-likeness (QED) is 0.326. The van der Waals surface area contributed by atoms with Crippen molar-refractivity contribution in [2.45, 2.75) is 32.2 Å². The molecule has 0 unspecified atom stereocenters. The van der Waals surface area contributed by atoms with Gasteiger partial charge in [0.1, 0.15) is 6.20 Å². The van der Waals surface area contributed by atoms with Gasteiger partial charge in [0, 0.05) is 17.5 Å². The Hall–Kier alpha value is -2.40. The molecule has 0 radical (unpaired) electrons. The molecule has 0 saturated heterocycles. The number of ether oxygens (including phenoxy) is 1. The summed E-state index contributed by atoms with van der Waals surface area (Å²) in [6, 6.07) is 16.1. The lowest BCUT2D eigenvalue weighted by Gasteiger charge is -2.06. The Morgan fingerprint density at radius 1 is 1.11 bits per heavy atom. The highest BCUT2D eigenvalue weighted by Crippen LogP contribution is 2.28. The number of nitrogens with zero attached hydrogens (tertiary/aromatic N) is 2. The van der Waals surface area contributed by atoms with E-state index < -0.39 is 0 Å². The Morgan fingerprint density at radius 3 is 2.64 bits per heavy atom. The van der Waals surface area contributed by atoms with Crippen LogP contribution in [0.5, 0.6) is 5.75 Å². The number of imidazole rings is 1. The minimum Gasteiger partial charge on any atom is -0.492 e. The number of hydrogen-bond donors (Lipinski definition) is 0. The number of alkyl halides is 1. The van der Waals surface area contributed by atoms with Crippen molar-refractivity contribution in [3.05, 3.63) is 66.1 Å². The largest absolute Gasteiger partial charge is 0.492 e. The molecule has 1 aliphatic heterocycles. The molecule has 28 heavy (non-hydrogen) atoms. The number of methoxy groups -OCH3 is 1. The second-order valence-corrected chi connectivity index (χ2v) is 7.63. The first-order valence-electron chi connectivity index (χ1n) is 9.70. The highest BCUT2D eigenvalue weighted by atomic mass is 79.9. The molecule has 2 heterocycles. The average Bonchev–Trinajstić information content (AvgIpc) is 2.93. The number of benzene rings is 2. The smallest absolute Gasteiger partial charge is 0.262 e. The SMILES string of the molecule is COc1ccccc1-n1cc(-c2ccc(C(=O)CBr)cc2)[n+]2c1CCCCC2. The molecule has 1 aromatic heterocycles. The van der Waals surface area contributed by atoms with Crippen LogP contribution >= 0.6 is 15.9 Å². The van der Waals surface area contributed by atoms with Crippen molar-refractivity contribution in [3.8, 4) is 22.7 Å². The molecule has 3 aromatic rings. The van der Waals surface area contributed by atoms with Gasteiger partial charge in [0.25, 0.3) is 5.82 Å². The lowest BCUT2D eigenvalue weighted by molar-refractivity contribution is -0.692. The molecule has 0 aliphatic carbocycles. The van der Waals surface area contributed by atoms with E-state index in [0.29, 0.717) is 5.33 Å². The summed E-state index contributed by atoms with van der Waals surface area (Å²) in [7, 11) is 1.72. The third-order valence-electron chi connectivity index (χ3n) is 5.38. The van der Waals surface area contributed by atoms with Crippen molar-refractivity contribution in [1.29, 1.82) is 0 Å². The van der Waals surface area contributed by atoms with Crippen molar-refractivity contribution in [2.75, 3.05) is 12.4 Å². The fraction of sp³-hybridized carbons (Fsp3) is 0.304. The van der Waals surface area contributed by atoms with Gasteiger partial charge in [0.2, 0.25) is 0 Å². The van der Waals surface area contributed by atoms with Crippen LogP contribution in [0, 0.1) is 0 Å². The maximum absolute atomic E-state index is 11.9. The van der Waals surface area contributed by atoms with E-state index >= 15 is 0 Å². The molecule has 0 fully saturated rings. The van der Waals surface area contributed by atoms with Gasteiger partial charge in [-0.25, -0.2) is 4.57 Å². The van der Waals surface area contributed by atoms with Crippen LogP contribution in [0.15, 0.2) is 54.7 Å². The Kier molecular flexibility index (Phi) is 5.62. The van der Waals surface area contributed by atoms with Crippen molar-refractivity contribution >= 4 is 21.7 Å². The Labute approximate surface area is 173 Å². The van der Waals surface area contributed by atoms with Crippen LogP contribution in [0.1, 0.15) is 35.4 Å². The number of halogens is 1. The molecule has 5 heteroatoms. The van der Waals surface area contributed by atoms with Crippen LogP contribution in [0.25, 0.3) is 16.9 Å². The molecule has 2 aromatic carbocycles. The van der Waals surface area contributed by atoms with E-state index in [4.69, 9.17) is 4.74 Å². The monoisotopic (exact) mass is 439 g/mol. The number of aromatic nitrogens is 2. The van der Waals surface area contributed by atoms with Crippen LogP contribution in [0.2, 0.25) is 0 Å². The molecule has 0 bridgehead atoms. The van der Waals surface area contributed by atoms with Gasteiger partial charge in [-0.05, 0) is 43.5 Å². The standard InChI is InChI=1S/C23H24BrN2O2/c1-28-22-8-5-4-7-19(22)26-16-20(25-14-6-2-3-9-23(25)26)17-10-12-18(13-11-17)21(27)15-24/h4-5,7-8,10-13,16H,2-3,6,9,14-15H2,1H3/q+1. The Morgan fingerprint density at radius 2 is 1.89 bits per heavy atom. The van der Waals surface area contributed by atoms with E-state index in [1.807, 2.05) is 30.3 Å². The Bertz CT molecular complexity index is 992. The highest BCUT2D eigenvalue weighted by Gasteiger charge is 2.28. The molecule has 1 aliphatic rings. The van der Waals surface area contributed by atoms with Crippen molar-refractivity contribution in [3.63, 3.8) is 0 Å². The average molecular weight is 440 g/mol. The zero-order valence-electron chi connectivity index (χ0n) is 16.0. The number of ketones is 1. The van der Waals surface area contributed by atoms with Crippen LogP contribution in [0.4, 0.5) is 0 Å². The van der Waals surface area contributed by atoms with Crippen LogP contribution in [-0.4, -0.2) is 22.8 Å². The second-order valence-electron chi connectivity index (χ2n) is 7.07. The Balaban J connectivity index is 1.84. The van der Waals surface area contributed by atoms with E-state index in [2.05, 4.69) is 49.5 Å². The number of hydrogen-bond acceptors (Lipinski definition) is 2. The third-order valence-corrected chi connectivity index (χ3v) is 5.89. The lowest BCUT2D eigenvalue weighted by Crippen LogP contribution is -2.38. The molecular weight excluding hydrogens is 416 g/mol. The zero-order chi connectivity index (χ0) is 19.5. The first-order valence-corrected chi connectivity index (χ1v) is 10.8. The summed E-state index contributed by atoms with van der Waals surface area (Å²) in [4.78, 5) is 11.9. The molecule has 4 rings (SSSR count). The summed E-state index contributed by atoms with van der Waals surface area (Å²) in [6.07, 6.45) is 6.86. The van der Waals surface area contributed by atoms with Gasteiger partial charge in [-0.1, -0.05) is 40.2 Å². The fourth-order valence-electron chi connectivity index (χ4n) is 3.94.